The SMILES string of the molecule is CCCCCCCCCCCCCC=CC(O)(F)C(N)CO. The number of alkyl halides is 1. The van der Waals surface area contributed by atoms with Crippen LogP contribution < -0.4 is 5.73 Å². The van der Waals surface area contributed by atoms with Crippen LogP contribution in [0.3, 0.4) is 0 Å². The highest BCUT2D eigenvalue weighted by Gasteiger charge is 2.30. The van der Waals surface area contributed by atoms with Gasteiger partial charge < -0.3 is 15.9 Å². The van der Waals surface area contributed by atoms with E-state index in [1.54, 1.807) is 6.08 Å². The Labute approximate surface area is 135 Å². The molecule has 0 saturated heterocycles. The first-order chi connectivity index (χ1) is 10.5. The molecule has 0 rings (SSSR count). The van der Waals surface area contributed by atoms with Gasteiger partial charge in [-0.2, -0.15) is 0 Å². The van der Waals surface area contributed by atoms with Gasteiger partial charge in [0.15, 0.2) is 0 Å². The van der Waals surface area contributed by atoms with Gasteiger partial charge in [0.05, 0.1) is 12.6 Å². The molecular weight excluding hydrogens is 281 g/mol. The lowest BCUT2D eigenvalue weighted by molar-refractivity contribution is -0.0737. The van der Waals surface area contributed by atoms with Crippen LogP contribution in [-0.4, -0.2) is 28.7 Å². The van der Waals surface area contributed by atoms with E-state index in [4.69, 9.17) is 10.8 Å². The van der Waals surface area contributed by atoms with E-state index in [0.717, 1.165) is 25.3 Å². The van der Waals surface area contributed by atoms with Gasteiger partial charge in [-0.05, 0) is 18.9 Å². The molecule has 0 radical (unpaired) electrons. The third-order valence-electron chi connectivity index (χ3n) is 4.04. The Hall–Kier alpha value is -0.450. The molecule has 0 aromatic heterocycles. The maximum atomic E-state index is 13.5. The zero-order chi connectivity index (χ0) is 16.7. The summed E-state index contributed by atoms with van der Waals surface area (Å²) in [5, 5.41) is 18.0. The summed E-state index contributed by atoms with van der Waals surface area (Å²) in [6.45, 7) is 1.67. The summed E-state index contributed by atoms with van der Waals surface area (Å²) in [5.41, 5.74) is 5.27. The highest BCUT2D eigenvalue weighted by Crippen LogP contribution is 2.15. The van der Waals surface area contributed by atoms with Gasteiger partial charge in [0.25, 0.3) is 0 Å². The van der Waals surface area contributed by atoms with Crippen LogP contribution in [0.2, 0.25) is 0 Å². The highest BCUT2D eigenvalue weighted by atomic mass is 19.2. The van der Waals surface area contributed by atoms with E-state index in [1.807, 2.05) is 0 Å². The van der Waals surface area contributed by atoms with Crippen molar-refractivity contribution in [3.63, 3.8) is 0 Å². The van der Waals surface area contributed by atoms with Crippen molar-refractivity contribution >= 4 is 0 Å². The fraction of sp³-hybridized carbons (Fsp3) is 0.889. The van der Waals surface area contributed by atoms with Gasteiger partial charge in [0.2, 0.25) is 5.85 Å². The summed E-state index contributed by atoms with van der Waals surface area (Å²) >= 11 is 0. The van der Waals surface area contributed by atoms with Crippen LogP contribution in [0.15, 0.2) is 12.2 Å². The lowest BCUT2D eigenvalue weighted by Gasteiger charge is -2.20. The number of unbranched alkanes of at least 4 members (excludes halogenated alkanes) is 11. The van der Waals surface area contributed by atoms with E-state index < -0.39 is 18.5 Å². The van der Waals surface area contributed by atoms with E-state index in [-0.39, 0.29) is 0 Å². The Morgan fingerprint density at radius 3 is 1.86 bits per heavy atom. The third-order valence-corrected chi connectivity index (χ3v) is 4.04. The van der Waals surface area contributed by atoms with Crippen LogP contribution in [0, 0.1) is 0 Å². The van der Waals surface area contributed by atoms with Crippen LogP contribution in [0.4, 0.5) is 4.39 Å². The number of hydrogen-bond acceptors (Lipinski definition) is 3. The number of aliphatic hydroxyl groups is 2. The molecule has 3 nitrogen and oxygen atoms in total. The third kappa shape index (κ3) is 12.1. The summed E-state index contributed by atoms with van der Waals surface area (Å²) in [4.78, 5) is 0. The van der Waals surface area contributed by atoms with Gasteiger partial charge >= 0.3 is 0 Å². The minimum atomic E-state index is -2.60. The number of halogens is 1. The largest absolute Gasteiger partial charge is 0.395 e. The molecule has 0 bridgehead atoms. The smallest absolute Gasteiger partial charge is 0.243 e. The van der Waals surface area contributed by atoms with E-state index in [1.165, 1.54) is 57.8 Å². The van der Waals surface area contributed by atoms with Crippen molar-refractivity contribution in [1.82, 2.24) is 0 Å². The molecule has 2 atom stereocenters. The Morgan fingerprint density at radius 2 is 1.41 bits per heavy atom. The molecule has 0 aliphatic carbocycles. The maximum absolute atomic E-state index is 13.5. The van der Waals surface area contributed by atoms with Crippen molar-refractivity contribution in [3.8, 4) is 0 Å². The van der Waals surface area contributed by atoms with Gasteiger partial charge in [-0.1, -0.05) is 77.2 Å². The van der Waals surface area contributed by atoms with E-state index in [0.29, 0.717) is 0 Å². The van der Waals surface area contributed by atoms with Crippen LogP contribution in [0.5, 0.6) is 0 Å². The Kier molecular flexibility index (Phi) is 13.9. The Morgan fingerprint density at radius 1 is 0.955 bits per heavy atom. The average Bonchev–Trinajstić information content (AvgIpc) is 2.50. The fourth-order valence-corrected chi connectivity index (χ4v) is 2.43. The van der Waals surface area contributed by atoms with Crippen molar-refractivity contribution < 1.29 is 14.6 Å². The first kappa shape index (κ1) is 21.6. The van der Waals surface area contributed by atoms with Crippen molar-refractivity contribution in [2.24, 2.45) is 5.73 Å². The molecular formula is C18H36FNO2. The summed E-state index contributed by atoms with van der Waals surface area (Å²) < 4.78 is 13.5. The van der Waals surface area contributed by atoms with Gasteiger partial charge in [-0.15, -0.1) is 0 Å². The number of hydrogen-bond donors (Lipinski definition) is 3. The van der Waals surface area contributed by atoms with Crippen molar-refractivity contribution in [2.75, 3.05) is 6.61 Å². The minimum absolute atomic E-state index is 0.574. The predicted octanol–water partition coefficient (Wildman–Crippen LogP) is 4.22. The zero-order valence-electron chi connectivity index (χ0n) is 14.3. The topological polar surface area (TPSA) is 66.5 Å². The molecule has 0 aliphatic rings. The molecule has 0 heterocycles. The molecule has 0 fully saturated rings. The first-order valence-corrected chi connectivity index (χ1v) is 9.00. The van der Waals surface area contributed by atoms with Crippen LogP contribution in [0.25, 0.3) is 0 Å². The molecule has 0 aromatic carbocycles. The predicted molar refractivity (Wildman–Crippen MR) is 91.3 cm³/mol. The standard InChI is InChI=1S/C18H36FNO2/c1-2-3-4-5-6-7-8-9-10-11-12-13-14-15-18(19,22)17(20)16-21/h14-15,17,21-22H,2-13,16,20H2,1H3. The number of aliphatic hydroxyl groups excluding tert-OH is 1. The molecule has 0 saturated carbocycles. The molecule has 0 spiro atoms. The molecule has 22 heavy (non-hydrogen) atoms. The quantitative estimate of drug-likeness (QED) is 0.313. The van der Waals surface area contributed by atoms with Gasteiger partial charge in [0.1, 0.15) is 0 Å². The van der Waals surface area contributed by atoms with Crippen LogP contribution in [0.1, 0.15) is 84.0 Å². The van der Waals surface area contributed by atoms with E-state index in [2.05, 4.69) is 6.92 Å². The second-order valence-electron chi connectivity index (χ2n) is 6.24. The highest BCUT2D eigenvalue weighted by molar-refractivity contribution is 4.99. The second-order valence-corrected chi connectivity index (χ2v) is 6.24. The van der Waals surface area contributed by atoms with Crippen LogP contribution in [-0.2, 0) is 0 Å². The molecule has 132 valence electrons. The lowest BCUT2D eigenvalue weighted by Crippen LogP contribution is -2.45. The van der Waals surface area contributed by atoms with Gasteiger partial charge in [-0.25, -0.2) is 4.39 Å². The van der Waals surface area contributed by atoms with Gasteiger partial charge in [-0.3, -0.25) is 0 Å². The summed E-state index contributed by atoms with van der Waals surface area (Å²) in [7, 11) is 0. The number of nitrogens with two attached hydrogens (primary N) is 1. The van der Waals surface area contributed by atoms with E-state index in [9.17, 15) is 9.50 Å². The molecule has 4 N–H and O–H groups in total. The summed E-state index contributed by atoms with van der Waals surface area (Å²) in [6.07, 6.45) is 17.5. The maximum Gasteiger partial charge on any atom is 0.243 e. The fourth-order valence-electron chi connectivity index (χ4n) is 2.43. The molecule has 4 heteroatoms. The molecule has 0 amide bonds. The van der Waals surface area contributed by atoms with Crippen LogP contribution >= 0.6 is 0 Å². The Balaban J connectivity index is 3.36. The molecule has 0 aromatic rings. The van der Waals surface area contributed by atoms with E-state index >= 15 is 0 Å². The normalized spacial score (nSPS) is 16.0. The monoisotopic (exact) mass is 317 g/mol. The number of allylic oxidation sites excluding steroid dienone is 1. The first-order valence-electron chi connectivity index (χ1n) is 9.00. The molecule has 0 aliphatic heterocycles. The van der Waals surface area contributed by atoms with Crippen molar-refractivity contribution in [2.45, 2.75) is 95.9 Å². The zero-order valence-corrected chi connectivity index (χ0v) is 14.3. The minimum Gasteiger partial charge on any atom is -0.395 e. The van der Waals surface area contributed by atoms with Crippen molar-refractivity contribution in [3.05, 3.63) is 12.2 Å². The summed E-state index contributed by atoms with van der Waals surface area (Å²) in [5.74, 6) is -2.60. The van der Waals surface area contributed by atoms with Crippen molar-refractivity contribution in [1.29, 1.82) is 0 Å². The number of rotatable bonds is 15. The average molecular weight is 317 g/mol. The Bertz CT molecular complexity index is 270. The molecule has 2 unspecified atom stereocenters. The summed E-state index contributed by atoms with van der Waals surface area (Å²) in [6, 6.07) is -1.28. The van der Waals surface area contributed by atoms with Gasteiger partial charge in [0, 0.05) is 0 Å². The second kappa shape index (κ2) is 14.2. The lowest BCUT2D eigenvalue weighted by atomic mass is 10.0.